The highest BCUT2D eigenvalue weighted by molar-refractivity contribution is 7.99. The number of nitrogens with two attached hydrogens (primary N) is 1. The molecule has 3 N–H and O–H groups in total. The molecule has 1 aromatic rings. The van der Waals surface area contributed by atoms with E-state index in [0.717, 1.165) is 41.7 Å². The third-order valence-electron chi connectivity index (χ3n) is 3.25. The van der Waals surface area contributed by atoms with Crippen LogP contribution < -0.4 is 10.6 Å². The van der Waals surface area contributed by atoms with Crippen molar-refractivity contribution in [3.8, 4) is 0 Å². The van der Waals surface area contributed by atoms with Gasteiger partial charge in [0.25, 0.3) is 0 Å². The minimum atomic E-state index is 0.144. The van der Waals surface area contributed by atoms with Crippen molar-refractivity contribution in [2.24, 2.45) is 5.73 Å². The molecule has 0 radical (unpaired) electrons. The first kappa shape index (κ1) is 14.2. The Bertz CT molecular complexity index is 464. The molecule has 1 unspecified atom stereocenters. The lowest BCUT2D eigenvalue weighted by atomic mass is 10.1. The first-order chi connectivity index (χ1) is 9.15. The Kier molecular flexibility index (Phi) is 4.71. The molecule has 1 aliphatic heterocycles. The number of nitrogens with one attached hydrogen (secondary N) is 1. The van der Waals surface area contributed by atoms with Crippen LogP contribution in [0.3, 0.4) is 0 Å². The molecule has 1 aliphatic rings. The lowest BCUT2D eigenvalue weighted by Gasteiger charge is -2.36. The van der Waals surface area contributed by atoms with Gasteiger partial charge in [-0.3, -0.25) is 5.41 Å². The molecule has 0 bridgehead atoms. The van der Waals surface area contributed by atoms with Gasteiger partial charge in [-0.2, -0.15) is 0 Å². The van der Waals surface area contributed by atoms with E-state index in [9.17, 15) is 0 Å². The fraction of sp³-hybridized carbons (Fsp3) is 0.500. The molecule has 0 aliphatic carbocycles. The van der Waals surface area contributed by atoms with E-state index in [2.05, 4.69) is 24.8 Å². The second kappa shape index (κ2) is 6.30. The highest BCUT2D eigenvalue weighted by Gasteiger charge is 2.23. The summed E-state index contributed by atoms with van der Waals surface area (Å²) >= 11 is 1.73. The van der Waals surface area contributed by atoms with E-state index in [-0.39, 0.29) is 5.84 Å². The molecule has 5 heteroatoms. The van der Waals surface area contributed by atoms with E-state index >= 15 is 0 Å². The summed E-state index contributed by atoms with van der Waals surface area (Å²) in [4.78, 5) is 3.38. The van der Waals surface area contributed by atoms with Gasteiger partial charge >= 0.3 is 0 Å². The Balaban J connectivity index is 2.43. The molecular weight excluding hydrogens is 258 g/mol. The van der Waals surface area contributed by atoms with Gasteiger partial charge in [-0.15, -0.1) is 11.8 Å². The van der Waals surface area contributed by atoms with Crippen molar-refractivity contribution in [2.75, 3.05) is 30.4 Å². The van der Waals surface area contributed by atoms with Crippen LogP contribution in [0.15, 0.2) is 23.1 Å². The zero-order valence-corrected chi connectivity index (χ0v) is 12.3. The van der Waals surface area contributed by atoms with Crippen LogP contribution in [-0.2, 0) is 4.74 Å². The van der Waals surface area contributed by atoms with E-state index in [0.29, 0.717) is 6.04 Å². The van der Waals surface area contributed by atoms with Crippen molar-refractivity contribution in [3.05, 3.63) is 23.8 Å². The maximum atomic E-state index is 7.89. The Morgan fingerprint density at radius 1 is 1.58 bits per heavy atom. The topological polar surface area (TPSA) is 62.3 Å². The molecule has 1 saturated heterocycles. The van der Waals surface area contributed by atoms with Crippen LogP contribution in [0.1, 0.15) is 19.4 Å². The SMILES string of the molecule is CCSc1cccc(N2CCOCC2C)c1C(=N)N. The molecule has 1 fully saturated rings. The summed E-state index contributed by atoms with van der Waals surface area (Å²) in [6, 6.07) is 6.45. The van der Waals surface area contributed by atoms with E-state index < -0.39 is 0 Å². The molecule has 1 heterocycles. The summed E-state index contributed by atoms with van der Waals surface area (Å²) in [5.74, 6) is 1.12. The van der Waals surface area contributed by atoms with Gasteiger partial charge in [-0.1, -0.05) is 13.0 Å². The van der Waals surface area contributed by atoms with Crippen LogP contribution >= 0.6 is 11.8 Å². The fourth-order valence-electron chi connectivity index (χ4n) is 2.39. The van der Waals surface area contributed by atoms with E-state index in [1.807, 2.05) is 12.1 Å². The van der Waals surface area contributed by atoms with E-state index in [1.165, 1.54) is 0 Å². The van der Waals surface area contributed by atoms with Crippen molar-refractivity contribution in [2.45, 2.75) is 24.8 Å². The molecule has 2 rings (SSSR count). The predicted molar refractivity (Wildman–Crippen MR) is 81.5 cm³/mol. The number of morpholine rings is 1. The maximum absolute atomic E-state index is 7.89. The van der Waals surface area contributed by atoms with Crippen LogP contribution in [0.2, 0.25) is 0 Å². The predicted octanol–water partition coefficient (Wildman–Crippen LogP) is 2.31. The summed E-state index contributed by atoms with van der Waals surface area (Å²) in [7, 11) is 0. The second-order valence-corrected chi connectivity index (χ2v) is 5.92. The van der Waals surface area contributed by atoms with Gasteiger partial charge in [-0.25, -0.2) is 0 Å². The first-order valence-corrected chi connectivity index (χ1v) is 7.58. The third-order valence-corrected chi connectivity index (χ3v) is 4.19. The summed E-state index contributed by atoms with van der Waals surface area (Å²) < 4.78 is 5.48. The van der Waals surface area contributed by atoms with Crippen molar-refractivity contribution < 1.29 is 4.74 Å². The number of thioether (sulfide) groups is 1. The molecule has 104 valence electrons. The van der Waals surface area contributed by atoms with Crippen molar-refractivity contribution in [3.63, 3.8) is 0 Å². The largest absolute Gasteiger partial charge is 0.384 e. The normalized spacial score (nSPS) is 19.5. The van der Waals surface area contributed by atoms with Crippen molar-refractivity contribution >= 4 is 23.3 Å². The van der Waals surface area contributed by atoms with Gasteiger partial charge in [0.2, 0.25) is 0 Å². The molecule has 19 heavy (non-hydrogen) atoms. The van der Waals surface area contributed by atoms with Crippen LogP contribution in [0.4, 0.5) is 5.69 Å². The minimum absolute atomic E-state index is 0.144. The van der Waals surface area contributed by atoms with Crippen LogP contribution in [0, 0.1) is 5.41 Å². The van der Waals surface area contributed by atoms with Crippen LogP contribution in [0.5, 0.6) is 0 Å². The Labute approximate surface area is 118 Å². The summed E-state index contributed by atoms with van der Waals surface area (Å²) in [5, 5.41) is 7.89. The monoisotopic (exact) mass is 279 g/mol. The smallest absolute Gasteiger partial charge is 0.126 e. The number of rotatable bonds is 4. The van der Waals surface area contributed by atoms with Gasteiger partial charge in [0.15, 0.2) is 0 Å². The molecular formula is C14H21N3OS. The lowest BCUT2D eigenvalue weighted by molar-refractivity contribution is 0.0989. The highest BCUT2D eigenvalue weighted by Crippen LogP contribution is 2.32. The fourth-order valence-corrected chi connectivity index (χ4v) is 3.24. The first-order valence-electron chi connectivity index (χ1n) is 6.59. The minimum Gasteiger partial charge on any atom is -0.384 e. The number of hydrogen-bond donors (Lipinski definition) is 2. The number of amidine groups is 1. The Hall–Kier alpha value is -1.20. The number of nitrogen functional groups attached to an aromatic ring is 1. The molecule has 0 spiro atoms. The Morgan fingerprint density at radius 2 is 2.37 bits per heavy atom. The van der Waals surface area contributed by atoms with Crippen LogP contribution in [0.25, 0.3) is 0 Å². The number of hydrogen-bond acceptors (Lipinski definition) is 4. The molecule has 0 aromatic heterocycles. The molecule has 4 nitrogen and oxygen atoms in total. The third kappa shape index (κ3) is 3.04. The van der Waals surface area contributed by atoms with Gasteiger partial charge in [0, 0.05) is 23.2 Å². The maximum Gasteiger partial charge on any atom is 0.126 e. The van der Waals surface area contributed by atoms with E-state index in [4.69, 9.17) is 15.9 Å². The standard InChI is InChI=1S/C14H21N3OS/c1-3-19-12-6-4-5-11(13(12)14(15)16)17-7-8-18-9-10(17)2/h4-6,10H,3,7-9H2,1-2H3,(H3,15,16). The lowest BCUT2D eigenvalue weighted by Crippen LogP contribution is -2.44. The van der Waals surface area contributed by atoms with Crippen LogP contribution in [-0.4, -0.2) is 37.4 Å². The summed E-state index contributed by atoms with van der Waals surface area (Å²) in [6.07, 6.45) is 0. The molecule has 1 atom stereocenters. The molecule has 1 aromatic carbocycles. The average molecular weight is 279 g/mol. The number of ether oxygens (including phenoxy) is 1. The highest BCUT2D eigenvalue weighted by atomic mass is 32.2. The van der Waals surface area contributed by atoms with Crippen molar-refractivity contribution in [1.82, 2.24) is 0 Å². The zero-order valence-electron chi connectivity index (χ0n) is 11.5. The zero-order chi connectivity index (χ0) is 13.8. The van der Waals surface area contributed by atoms with E-state index in [1.54, 1.807) is 11.8 Å². The summed E-state index contributed by atoms with van der Waals surface area (Å²) in [6.45, 7) is 6.55. The van der Waals surface area contributed by atoms with Crippen molar-refractivity contribution in [1.29, 1.82) is 5.41 Å². The molecule has 0 amide bonds. The number of benzene rings is 1. The van der Waals surface area contributed by atoms with Gasteiger partial charge in [-0.05, 0) is 24.8 Å². The molecule has 0 saturated carbocycles. The quantitative estimate of drug-likeness (QED) is 0.504. The average Bonchev–Trinajstić information content (AvgIpc) is 2.39. The summed E-state index contributed by atoms with van der Waals surface area (Å²) in [5.41, 5.74) is 7.73. The van der Waals surface area contributed by atoms with Gasteiger partial charge in [0.05, 0.1) is 18.8 Å². The Morgan fingerprint density at radius 3 is 3.00 bits per heavy atom. The second-order valence-electron chi connectivity index (χ2n) is 4.61. The number of nitrogens with zero attached hydrogens (tertiary/aromatic N) is 1. The number of anilines is 1. The van der Waals surface area contributed by atoms with Gasteiger partial charge < -0.3 is 15.4 Å². The van der Waals surface area contributed by atoms with Gasteiger partial charge in [0.1, 0.15) is 5.84 Å².